The number of carbonyl (C=O) groups excluding carboxylic acids is 1. The third-order valence-corrected chi connectivity index (χ3v) is 5.74. The number of benzene rings is 1. The summed E-state index contributed by atoms with van der Waals surface area (Å²) in [6.45, 7) is 2.02. The maximum Gasteiger partial charge on any atom is 0.435 e. The molecule has 0 aliphatic carbocycles. The molecule has 182 valence electrons. The lowest BCUT2D eigenvalue weighted by molar-refractivity contribution is -0.276. The van der Waals surface area contributed by atoms with E-state index in [0.717, 1.165) is 12.1 Å². The third kappa shape index (κ3) is 4.16. The van der Waals surface area contributed by atoms with Gasteiger partial charge in [-0.1, -0.05) is 24.2 Å². The van der Waals surface area contributed by atoms with Crippen LogP contribution in [0, 0.1) is 0 Å². The van der Waals surface area contributed by atoms with Gasteiger partial charge in [0.25, 0.3) is 5.60 Å². The summed E-state index contributed by atoms with van der Waals surface area (Å²) in [5.74, 6) is 0.141. The molecular weight excluding hydrogens is 468 g/mol. The quantitative estimate of drug-likeness (QED) is 0.624. The van der Waals surface area contributed by atoms with Crippen LogP contribution in [-0.4, -0.2) is 29.4 Å². The number of nitrogens with zero attached hydrogens (tertiary/aromatic N) is 2. The first-order chi connectivity index (χ1) is 16.0. The molecule has 3 heterocycles. The molecule has 2 aromatic rings. The lowest BCUT2D eigenvalue weighted by Gasteiger charge is -2.30. The van der Waals surface area contributed by atoms with Gasteiger partial charge in [-0.2, -0.15) is 26.3 Å². The van der Waals surface area contributed by atoms with E-state index in [4.69, 9.17) is 9.57 Å². The summed E-state index contributed by atoms with van der Waals surface area (Å²) < 4.78 is 87.6. The van der Waals surface area contributed by atoms with Gasteiger partial charge < -0.3 is 14.9 Å². The first kappa shape index (κ1) is 23.8. The number of nitrogens with one attached hydrogen (secondary N) is 1. The third-order valence-electron chi connectivity index (χ3n) is 5.74. The number of hydrogen-bond donors (Lipinski definition) is 1. The zero-order valence-electron chi connectivity index (χ0n) is 17.8. The van der Waals surface area contributed by atoms with E-state index in [-0.39, 0.29) is 36.8 Å². The minimum atomic E-state index is -5.06. The first-order valence-corrected chi connectivity index (χ1v) is 10.4. The molecule has 1 unspecified atom stereocenters. The summed E-state index contributed by atoms with van der Waals surface area (Å²) in [7, 11) is 0. The Bertz CT molecular complexity index is 1150. The molecule has 0 saturated carbocycles. The van der Waals surface area contributed by atoms with Gasteiger partial charge in [0, 0.05) is 35.7 Å². The Morgan fingerprint density at radius 2 is 1.97 bits per heavy atom. The molecule has 1 aromatic heterocycles. The van der Waals surface area contributed by atoms with E-state index in [1.54, 1.807) is 6.92 Å². The van der Waals surface area contributed by atoms with Gasteiger partial charge in [-0.05, 0) is 12.1 Å². The Kier molecular flexibility index (Phi) is 5.94. The number of ether oxygens (including phenoxy) is 1. The molecule has 4 rings (SSSR count). The van der Waals surface area contributed by atoms with Crippen LogP contribution in [0.1, 0.15) is 47.7 Å². The number of aromatic nitrogens is 1. The Balaban J connectivity index is 1.69. The van der Waals surface area contributed by atoms with E-state index < -0.39 is 35.5 Å². The highest BCUT2D eigenvalue weighted by molar-refractivity contribution is 6.03. The molecule has 12 heteroatoms. The van der Waals surface area contributed by atoms with Gasteiger partial charge in [-0.3, -0.25) is 9.78 Å². The van der Waals surface area contributed by atoms with E-state index in [9.17, 15) is 31.1 Å². The van der Waals surface area contributed by atoms with Crippen LogP contribution >= 0.6 is 0 Å². The van der Waals surface area contributed by atoms with Gasteiger partial charge in [-0.25, -0.2) is 0 Å². The number of amides is 1. The predicted molar refractivity (Wildman–Crippen MR) is 107 cm³/mol. The maximum absolute atomic E-state index is 14.2. The first-order valence-electron chi connectivity index (χ1n) is 10.4. The van der Waals surface area contributed by atoms with Crippen molar-refractivity contribution in [3.05, 3.63) is 58.4 Å². The Labute approximate surface area is 189 Å². The van der Waals surface area contributed by atoms with Crippen molar-refractivity contribution in [2.24, 2.45) is 5.16 Å². The summed E-state index contributed by atoms with van der Waals surface area (Å²) in [5.41, 5.74) is -3.88. The van der Waals surface area contributed by atoms with Gasteiger partial charge >= 0.3 is 12.4 Å². The van der Waals surface area contributed by atoms with Crippen molar-refractivity contribution in [3.8, 4) is 5.75 Å². The van der Waals surface area contributed by atoms with E-state index in [1.165, 1.54) is 6.20 Å². The van der Waals surface area contributed by atoms with Crippen LogP contribution in [0.15, 0.2) is 35.6 Å². The highest BCUT2D eigenvalue weighted by Crippen LogP contribution is 2.50. The number of rotatable bonds is 5. The molecule has 0 fully saturated rings. The number of pyridine rings is 1. The van der Waals surface area contributed by atoms with E-state index in [1.807, 2.05) is 0 Å². The SMILES string of the molecule is CCC(=O)NCc1ncc(C2=NOC(c3cccc(C(F)(F)F)c3)(C(F)(F)F)C2)c2c1OCC2. The number of fused-ring (bicyclic) bond motifs is 1. The highest BCUT2D eigenvalue weighted by Gasteiger charge is 2.62. The molecule has 2 aliphatic rings. The summed E-state index contributed by atoms with van der Waals surface area (Å²) in [5, 5.41) is 6.30. The lowest BCUT2D eigenvalue weighted by Crippen LogP contribution is -2.42. The summed E-state index contributed by atoms with van der Waals surface area (Å²) in [6.07, 6.45) is -8.76. The Morgan fingerprint density at radius 3 is 2.65 bits per heavy atom. The average Bonchev–Trinajstić information content (AvgIpc) is 3.45. The second kappa shape index (κ2) is 8.48. The molecule has 0 bridgehead atoms. The Hall–Kier alpha value is -3.31. The van der Waals surface area contributed by atoms with Crippen LogP contribution in [0.5, 0.6) is 5.75 Å². The van der Waals surface area contributed by atoms with Crippen LogP contribution in [0.25, 0.3) is 0 Å². The molecule has 0 saturated heterocycles. The van der Waals surface area contributed by atoms with Gasteiger partial charge in [-0.15, -0.1) is 0 Å². The smallest absolute Gasteiger partial charge is 0.435 e. The van der Waals surface area contributed by atoms with Gasteiger partial charge in [0.05, 0.1) is 30.8 Å². The summed E-state index contributed by atoms with van der Waals surface area (Å²) in [4.78, 5) is 20.7. The molecular formula is C22H19F6N3O3. The fraction of sp³-hybridized carbons (Fsp3) is 0.409. The standard InChI is InChI=1S/C22H19F6N3O3/c1-2-18(32)30-11-17-19-14(6-7-33-19)15(10-29-17)16-9-20(34-31-16,22(26,27)28)12-4-3-5-13(8-12)21(23,24)25/h3-5,8,10H,2,6-7,9,11H2,1H3,(H,30,32). The fourth-order valence-corrected chi connectivity index (χ4v) is 3.93. The van der Waals surface area contributed by atoms with Crippen molar-refractivity contribution in [3.63, 3.8) is 0 Å². The maximum atomic E-state index is 14.2. The summed E-state index contributed by atoms with van der Waals surface area (Å²) in [6, 6.07) is 2.96. The fourth-order valence-electron chi connectivity index (χ4n) is 3.93. The molecule has 0 spiro atoms. The van der Waals surface area contributed by atoms with Crippen molar-refractivity contribution in [1.82, 2.24) is 10.3 Å². The van der Waals surface area contributed by atoms with Crippen molar-refractivity contribution < 1.29 is 40.7 Å². The van der Waals surface area contributed by atoms with Crippen molar-refractivity contribution in [1.29, 1.82) is 0 Å². The summed E-state index contributed by atoms with van der Waals surface area (Å²) >= 11 is 0. The Morgan fingerprint density at radius 1 is 1.21 bits per heavy atom. The van der Waals surface area contributed by atoms with Gasteiger partial charge in [0.1, 0.15) is 11.4 Å². The molecule has 34 heavy (non-hydrogen) atoms. The minimum Gasteiger partial charge on any atom is -0.491 e. The van der Waals surface area contributed by atoms with E-state index in [0.29, 0.717) is 35.6 Å². The lowest BCUT2D eigenvalue weighted by atomic mass is 9.85. The van der Waals surface area contributed by atoms with Crippen molar-refractivity contribution >= 4 is 11.6 Å². The molecule has 2 aliphatic heterocycles. The second-order valence-electron chi connectivity index (χ2n) is 7.86. The predicted octanol–water partition coefficient (Wildman–Crippen LogP) is 4.64. The minimum absolute atomic E-state index is 0.0784. The number of alkyl halides is 6. The molecule has 0 radical (unpaired) electrons. The average molecular weight is 487 g/mol. The largest absolute Gasteiger partial charge is 0.491 e. The monoisotopic (exact) mass is 487 g/mol. The van der Waals surface area contributed by atoms with Crippen LogP contribution in [0.3, 0.4) is 0 Å². The molecule has 1 N–H and O–H groups in total. The van der Waals surface area contributed by atoms with Crippen LogP contribution in [0.4, 0.5) is 26.3 Å². The zero-order chi connectivity index (χ0) is 24.7. The molecule has 1 amide bonds. The number of halogens is 6. The van der Waals surface area contributed by atoms with Crippen molar-refractivity contribution in [2.75, 3.05) is 6.61 Å². The topological polar surface area (TPSA) is 72.8 Å². The molecule has 6 nitrogen and oxygen atoms in total. The normalized spacial score (nSPS) is 19.8. The van der Waals surface area contributed by atoms with E-state index in [2.05, 4.69) is 15.5 Å². The van der Waals surface area contributed by atoms with Crippen LogP contribution in [-0.2, 0) is 34.4 Å². The van der Waals surface area contributed by atoms with Crippen LogP contribution in [0.2, 0.25) is 0 Å². The molecule has 1 aromatic carbocycles. The van der Waals surface area contributed by atoms with Crippen molar-refractivity contribution in [2.45, 2.75) is 50.7 Å². The van der Waals surface area contributed by atoms with E-state index >= 15 is 0 Å². The number of carbonyl (C=O) groups is 1. The van der Waals surface area contributed by atoms with Gasteiger partial charge in [0.15, 0.2) is 0 Å². The van der Waals surface area contributed by atoms with Gasteiger partial charge in [0.2, 0.25) is 5.91 Å². The number of hydrogen-bond acceptors (Lipinski definition) is 5. The molecule has 1 atom stereocenters. The second-order valence-corrected chi connectivity index (χ2v) is 7.86. The highest BCUT2D eigenvalue weighted by atomic mass is 19.4. The van der Waals surface area contributed by atoms with Crippen LogP contribution < -0.4 is 10.1 Å². The number of oxime groups is 1. The zero-order valence-corrected chi connectivity index (χ0v) is 17.8.